The molecule has 0 aromatic heterocycles. The largest absolute Gasteiger partial charge is 0.483 e. The number of hydrogen-bond acceptors (Lipinski definition) is 3. The van der Waals surface area contributed by atoms with Gasteiger partial charge in [0.2, 0.25) is 5.91 Å². The summed E-state index contributed by atoms with van der Waals surface area (Å²) < 4.78 is 6.56. The van der Waals surface area contributed by atoms with Gasteiger partial charge >= 0.3 is 0 Å². The molecule has 0 bridgehead atoms. The zero-order valence-corrected chi connectivity index (χ0v) is 21.9. The van der Waals surface area contributed by atoms with Crippen LogP contribution in [0.1, 0.15) is 45.2 Å². The summed E-state index contributed by atoms with van der Waals surface area (Å²) in [5, 5.41) is 3.76. The standard InChI is InChI=1S/C24H29BrCl2N2O3/c1-5-15(3)28-24(31)16(4)29(13-18-7-9-20(26)21(27)12-18)23(30)14-32-22-10-8-17(6-2)11-19(22)25/h7-12,15-16H,5-6,13-14H2,1-4H3,(H,28,31)/t15-,16+/m0/s1. The number of nitrogens with one attached hydrogen (secondary N) is 1. The maximum Gasteiger partial charge on any atom is 0.261 e. The Kier molecular flexibility index (Phi) is 10.3. The van der Waals surface area contributed by atoms with Crippen LogP contribution < -0.4 is 10.1 Å². The van der Waals surface area contributed by atoms with Crippen molar-refractivity contribution in [3.05, 3.63) is 62.0 Å². The molecule has 2 rings (SSSR count). The smallest absolute Gasteiger partial charge is 0.261 e. The van der Waals surface area contributed by atoms with Crippen molar-refractivity contribution >= 4 is 50.9 Å². The molecule has 5 nitrogen and oxygen atoms in total. The Bertz CT molecular complexity index is 955. The summed E-state index contributed by atoms with van der Waals surface area (Å²) in [5.41, 5.74) is 1.93. The molecule has 0 unspecified atom stereocenters. The fraction of sp³-hybridized carbons (Fsp3) is 0.417. The third-order valence-corrected chi connectivity index (χ3v) is 6.62. The minimum absolute atomic E-state index is 0.0103. The molecular formula is C24H29BrCl2N2O3. The summed E-state index contributed by atoms with van der Waals surface area (Å²) in [7, 11) is 0. The number of rotatable bonds is 10. The van der Waals surface area contributed by atoms with Crippen LogP contribution in [0.2, 0.25) is 10.0 Å². The molecule has 0 aliphatic rings. The molecule has 8 heteroatoms. The van der Waals surface area contributed by atoms with Crippen molar-refractivity contribution in [2.75, 3.05) is 6.61 Å². The quantitative estimate of drug-likeness (QED) is 0.398. The Morgan fingerprint density at radius 1 is 1.06 bits per heavy atom. The number of halogens is 3. The van der Waals surface area contributed by atoms with Crippen molar-refractivity contribution in [2.24, 2.45) is 0 Å². The molecule has 174 valence electrons. The molecule has 2 aromatic rings. The van der Waals surface area contributed by atoms with E-state index >= 15 is 0 Å². The van der Waals surface area contributed by atoms with Crippen molar-refractivity contribution in [3.8, 4) is 5.75 Å². The number of aryl methyl sites for hydroxylation is 1. The van der Waals surface area contributed by atoms with E-state index in [1.54, 1.807) is 25.1 Å². The minimum Gasteiger partial charge on any atom is -0.483 e. The third kappa shape index (κ3) is 7.39. The van der Waals surface area contributed by atoms with Crippen LogP contribution in [0.15, 0.2) is 40.9 Å². The van der Waals surface area contributed by atoms with Gasteiger partial charge in [-0.15, -0.1) is 0 Å². The van der Waals surface area contributed by atoms with Crippen molar-refractivity contribution < 1.29 is 14.3 Å². The van der Waals surface area contributed by atoms with Crippen LogP contribution in [0, 0.1) is 0 Å². The fourth-order valence-electron chi connectivity index (χ4n) is 2.99. The number of carbonyl (C=O) groups excluding carboxylic acids is 2. The number of carbonyl (C=O) groups is 2. The van der Waals surface area contributed by atoms with E-state index in [0.29, 0.717) is 15.8 Å². The monoisotopic (exact) mass is 542 g/mol. The molecule has 0 aliphatic carbocycles. The maximum atomic E-state index is 13.2. The van der Waals surface area contributed by atoms with Crippen molar-refractivity contribution in [1.29, 1.82) is 0 Å². The van der Waals surface area contributed by atoms with Crippen LogP contribution in [0.3, 0.4) is 0 Å². The second-order valence-corrected chi connectivity index (χ2v) is 9.34. The van der Waals surface area contributed by atoms with Gasteiger partial charge in [-0.05, 0) is 78.0 Å². The van der Waals surface area contributed by atoms with E-state index in [1.165, 1.54) is 4.90 Å². The van der Waals surface area contributed by atoms with Gasteiger partial charge in [0.05, 0.1) is 14.5 Å². The highest BCUT2D eigenvalue weighted by molar-refractivity contribution is 9.10. The lowest BCUT2D eigenvalue weighted by atomic mass is 10.1. The number of benzene rings is 2. The molecule has 1 N–H and O–H groups in total. The number of ether oxygens (including phenoxy) is 1. The summed E-state index contributed by atoms with van der Waals surface area (Å²) in [4.78, 5) is 27.4. The molecule has 2 amide bonds. The molecule has 0 spiro atoms. The first kappa shape index (κ1) is 26.5. The van der Waals surface area contributed by atoms with Gasteiger partial charge < -0.3 is 15.0 Å². The first-order chi connectivity index (χ1) is 15.2. The van der Waals surface area contributed by atoms with Gasteiger partial charge in [-0.3, -0.25) is 9.59 Å². The second kappa shape index (κ2) is 12.5. The molecule has 2 aromatic carbocycles. The molecule has 0 fully saturated rings. The SMILES string of the molecule is CCc1ccc(OCC(=O)N(Cc2ccc(Cl)c(Cl)c2)[C@H](C)C(=O)N[C@@H](C)CC)c(Br)c1. The van der Waals surface area contributed by atoms with E-state index in [9.17, 15) is 9.59 Å². The first-order valence-corrected chi connectivity index (χ1v) is 12.2. The summed E-state index contributed by atoms with van der Waals surface area (Å²) in [6.45, 7) is 7.69. The van der Waals surface area contributed by atoms with Gasteiger partial charge in [-0.2, -0.15) is 0 Å². The van der Waals surface area contributed by atoms with Crippen LogP contribution in [-0.2, 0) is 22.6 Å². The Morgan fingerprint density at radius 3 is 2.34 bits per heavy atom. The van der Waals surface area contributed by atoms with E-state index in [1.807, 2.05) is 32.0 Å². The van der Waals surface area contributed by atoms with E-state index in [0.717, 1.165) is 28.4 Å². The van der Waals surface area contributed by atoms with Gasteiger partial charge in [-0.1, -0.05) is 49.2 Å². The predicted molar refractivity (Wildman–Crippen MR) is 133 cm³/mol. The molecule has 0 heterocycles. The molecule has 0 aliphatic heterocycles. The lowest BCUT2D eigenvalue weighted by Crippen LogP contribution is -2.50. The summed E-state index contributed by atoms with van der Waals surface area (Å²) in [6.07, 6.45) is 1.70. The normalized spacial score (nSPS) is 12.7. The van der Waals surface area contributed by atoms with Crippen LogP contribution in [0.5, 0.6) is 5.75 Å². The van der Waals surface area contributed by atoms with Gasteiger partial charge in [0.25, 0.3) is 5.91 Å². The van der Waals surface area contributed by atoms with Crippen LogP contribution in [0.25, 0.3) is 0 Å². The topological polar surface area (TPSA) is 58.6 Å². The highest BCUT2D eigenvalue weighted by atomic mass is 79.9. The van der Waals surface area contributed by atoms with Crippen LogP contribution in [0.4, 0.5) is 0 Å². The third-order valence-electron chi connectivity index (χ3n) is 5.26. The summed E-state index contributed by atoms with van der Waals surface area (Å²) in [5.74, 6) is 0.0392. The van der Waals surface area contributed by atoms with Gasteiger partial charge in [0, 0.05) is 12.6 Å². The van der Waals surface area contributed by atoms with Crippen molar-refractivity contribution in [1.82, 2.24) is 10.2 Å². The average Bonchev–Trinajstić information content (AvgIpc) is 2.77. The Morgan fingerprint density at radius 2 is 1.75 bits per heavy atom. The molecular weight excluding hydrogens is 515 g/mol. The van der Waals surface area contributed by atoms with E-state index < -0.39 is 6.04 Å². The summed E-state index contributed by atoms with van der Waals surface area (Å²) >= 11 is 15.7. The predicted octanol–water partition coefficient (Wildman–Crippen LogP) is 6.03. The zero-order chi connectivity index (χ0) is 23.8. The van der Waals surface area contributed by atoms with Crippen LogP contribution in [-0.4, -0.2) is 35.4 Å². The molecule has 32 heavy (non-hydrogen) atoms. The zero-order valence-electron chi connectivity index (χ0n) is 18.8. The highest BCUT2D eigenvalue weighted by Crippen LogP contribution is 2.27. The van der Waals surface area contributed by atoms with Gasteiger partial charge in [0.1, 0.15) is 11.8 Å². The van der Waals surface area contributed by atoms with Crippen molar-refractivity contribution in [3.63, 3.8) is 0 Å². The Balaban J connectivity index is 2.20. The summed E-state index contributed by atoms with van der Waals surface area (Å²) in [6, 6.07) is 10.2. The molecule has 0 radical (unpaired) electrons. The number of amides is 2. The highest BCUT2D eigenvalue weighted by Gasteiger charge is 2.27. The van der Waals surface area contributed by atoms with Gasteiger partial charge in [-0.25, -0.2) is 0 Å². The van der Waals surface area contributed by atoms with Crippen molar-refractivity contribution in [2.45, 2.75) is 59.2 Å². The first-order valence-electron chi connectivity index (χ1n) is 10.6. The number of nitrogens with zero attached hydrogens (tertiary/aromatic N) is 1. The lowest BCUT2D eigenvalue weighted by Gasteiger charge is -2.29. The van der Waals surface area contributed by atoms with E-state index in [2.05, 4.69) is 28.2 Å². The molecule has 2 atom stereocenters. The minimum atomic E-state index is -0.694. The van der Waals surface area contributed by atoms with Gasteiger partial charge in [0.15, 0.2) is 6.61 Å². The Hall–Kier alpha value is -1.76. The van der Waals surface area contributed by atoms with E-state index in [-0.39, 0.29) is 31.0 Å². The second-order valence-electron chi connectivity index (χ2n) is 7.67. The van der Waals surface area contributed by atoms with Crippen LogP contribution >= 0.6 is 39.1 Å². The molecule has 0 saturated carbocycles. The number of hydrogen-bond donors (Lipinski definition) is 1. The maximum absolute atomic E-state index is 13.2. The lowest BCUT2D eigenvalue weighted by molar-refractivity contribution is -0.142. The fourth-order valence-corrected chi connectivity index (χ4v) is 3.85. The van der Waals surface area contributed by atoms with E-state index in [4.69, 9.17) is 27.9 Å². The average molecular weight is 544 g/mol. The Labute approximate surface area is 208 Å². The molecule has 0 saturated heterocycles.